The van der Waals surface area contributed by atoms with E-state index in [-0.39, 0.29) is 12.5 Å². The van der Waals surface area contributed by atoms with Gasteiger partial charge in [0.15, 0.2) is 0 Å². The molecule has 0 atom stereocenters. The van der Waals surface area contributed by atoms with Gasteiger partial charge in [-0.2, -0.15) is 0 Å². The van der Waals surface area contributed by atoms with Crippen LogP contribution in [0.4, 0.5) is 0 Å². The summed E-state index contributed by atoms with van der Waals surface area (Å²) in [5.74, 6) is -0.197. The molecule has 2 amide bonds. The lowest BCUT2D eigenvalue weighted by molar-refractivity contribution is -0.121. The number of likely N-dealkylation sites (N-methyl/N-ethyl adjacent to an activating group) is 1. The first-order valence-corrected chi connectivity index (χ1v) is 3.19. The van der Waals surface area contributed by atoms with Crippen LogP contribution in [-0.4, -0.2) is 25.9 Å². The molecule has 0 bridgehead atoms. The number of hydrogen-bond acceptors (Lipinski definition) is 2. The Morgan fingerprint density at radius 2 is 2.00 bits per heavy atom. The van der Waals surface area contributed by atoms with Crippen LogP contribution in [0.25, 0.3) is 0 Å². The molecule has 0 rings (SSSR count). The zero-order valence-electron chi connectivity index (χ0n) is 6.60. The van der Waals surface area contributed by atoms with Crippen LogP contribution in [0, 0.1) is 0 Å². The summed E-state index contributed by atoms with van der Waals surface area (Å²) in [7, 11) is 1.51. The van der Waals surface area contributed by atoms with Crippen LogP contribution in [0.15, 0.2) is 0 Å². The standard InChI is InChI=1S/C4H8N2O2.C2H6/c1-5-4(8)2-6-3-7;1-2/h3H,2H2,1H3,(H,5,8)(H,6,7);1-2H3. The summed E-state index contributed by atoms with van der Waals surface area (Å²) in [5, 5.41) is 4.55. The van der Waals surface area contributed by atoms with Gasteiger partial charge in [-0.25, -0.2) is 0 Å². The van der Waals surface area contributed by atoms with Crippen LogP contribution in [0.1, 0.15) is 13.8 Å². The average molecular weight is 146 g/mol. The topological polar surface area (TPSA) is 58.2 Å². The van der Waals surface area contributed by atoms with E-state index in [1.165, 1.54) is 7.05 Å². The van der Waals surface area contributed by atoms with Gasteiger partial charge in [-0.3, -0.25) is 9.59 Å². The third-order valence-corrected chi connectivity index (χ3v) is 0.625. The van der Waals surface area contributed by atoms with Crippen molar-refractivity contribution >= 4 is 12.3 Å². The van der Waals surface area contributed by atoms with Gasteiger partial charge in [-0.15, -0.1) is 0 Å². The third-order valence-electron chi connectivity index (χ3n) is 0.625. The zero-order valence-corrected chi connectivity index (χ0v) is 6.60. The first-order valence-electron chi connectivity index (χ1n) is 3.19. The smallest absolute Gasteiger partial charge is 0.239 e. The molecule has 0 radical (unpaired) electrons. The van der Waals surface area contributed by atoms with Crippen LogP contribution < -0.4 is 10.6 Å². The van der Waals surface area contributed by atoms with E-state index in [2.05, 4.69) is 10.6 Å². The summed E-state index contributed by atoms with van der Waals surface area (Å²) in [6, 6.07) is 0. The predicted molar refractivity (Wildman–Crippen MR) is 39.5 cm³/mol. The van der Waals surface area contributed by atoms with Crippen molar-refractivity contribution in [2.24, 2.45) is 0 Å². The van der Waals surface area contributed by atoms with E-state index in [4.69, 9.17) is 0 Å². The highest BCUT2D eigenvalue weighted by Gasteiger charge is 1.91. The van der Waals surface area contributed by atoms with Gasteiger partial charge in [0.1, 0.15) is 0 Å². The normalized spacial score (nSPS) is 6.70. The summed E-state index contributed by atoms with van der Waals surface area (Å²) >= 11 is 0. The second-order valence-electron chi connectivity index (χ2n) is 1.17. The molecule has 0 aromatic carbocycles. The molecular formula is C6H14N2O2. The summed E-state index contributed by atoms with van der Waals surface area (Å²) in [6.07, 6.45) is 0.481. The summed E-state index contributed by atoms with van der Waals surface area (Å²) in [6.45, 7) is 4.06. The molecule has 0 unspecified atom stereocenters. The molecule has 0 aromatic rings. The molecule has 4 nitrogen and oxygen atoms in total. The molecular weight excluding hydrogens is 132 g/mol. The SMILES string of the molecule is CC.CNC(=O)CNC=O. The molecule has 0 aliphatic carbocycles. The van der Waals surface area contributed by atoms with Crippen molar-refractivity contribution in [3.8, 4) is 0 Å². The lowest BCUT2D eigenvalue weighted by atomic mass is 10.6. The van der Waals surface area contributed by atoms with E-state index in [0.717, 1.165) is 0 Å². The molecule has 0 fully saturated rings. The fourth-order valence-electron chi connectivity index (χ4n) is 0.223. The van der Waals surface area contributed by atoms with E-state index < -0.39 is 0 Å². The van der Waals surface area contributed by atoms with Crippen molar-refractivity contribution in [1.29, 1.82) is 0 Å². The molecule has 4 heteroatoms. The summed E-state index contributed by atoms with van der Waals surface area (Å²) in [5.41, 5.74) is 0. The Labute approximate surface area is 61.0 Å². The van der Waals surface area contributed by atoms with Crippen molar-refractivity contribution in [1.82, 2.24) is 10.6 Å². The molecule has 0 aromatic heterocycles. The fraction of sp³-hybridized carbons (Fsp3) is 0.667. The number of nitrogens with one attached hydrogen (secondary N) is 2. The highest BCUT2D eigenvalue weighted by molar-refractivity contribution is 5.79. The minimum atomic E-state index is -0.197. The van der Waals surface area contributed by atoms with Crippen molar-refractivity contribution in [3.05, 3.63) is 0 Å². The van der Waals surface area contributed by atoms with Gasteiger partial charge in [-0.05, 0) is 0 Å². The van der Waals surface area contributed by atoms with Gasteiger partial charge in [0, 0.05) is 7.05 Å². The molecule has 0 saturated heterocycles. The minimum Gasteiger partial charge on any atom is -0.358 e. The minimum absolute atomic E-state index is 0.0556. The number of carbonyl (C=O) groups is 2. The maximum absolute atomic E-state index is 10.2. The Kier molecular flexibility index (Phi) is 12.7. The van der Waals surface area contributed by atoms with Crippen LogP contribution >= 0.6 is 0 Å². The quantitative estimate of drug-likeness (QED) is 0.527. The Morgan fingerprint density at radius 1 is 1.50 bits per heavy atom. The number of amides is 2. The van der Waals surface area contributed by atoms with Gasteiger partial charge in [0.25, 0.3) is 0 Å². The van der Waals surface area contributed by atoms with E-state index >= 15 is 0 Å². The lowest BCUT2D eigenvalue weighted by Crippen LogP contribution is -2.30. The number of carbonyl (C=O) groups excluding carboxylic acids is 2. The molecule has 60 valence electrons. The second kappa shape index (κ2) is 10.8. The van der Waals surface area contributed by atoms with Crippen molar-refractivity contribution in [2.45, 2.75) is 13.8 Å². The first kappa shape index (κ1) is 11.7. The third kappa shape index (κ3) is 10.0. The molecule has 0 aliphatic rings. The average Bonchev–Trinajstić information content (AvgIpc) is 2.04. The molecule has 0 aliphatic heterocycles. The monoisotopic (exact) mass is 146 g/mol. The van der Waals surface area contributed by atoms with Crippen molar-refractivity contribution in [3.63, 3.8) is 0 Å². The Balaban J connectivity index is 0. The highest BCUT2D eigenvalue weighted by Crippen LogP contribution is 1.53. The Morgan fingerprint density at radius 3 is 2.30 bits per heavy atom. The van der Waals surface area contributed by atoms with E-state index in [9.17, 15) is 9.59 Å². The predicted octanol–water partition coefficient (Wildman–Crippen LogP) is -0.495. The van der Waals surface area contributed by atoms with Gasteiger partial charge in [0.05, 0.1) is 6.54 Å². The summed E-state index contributed by atoms with van der Waals surface area (Å²) < 4.78 is 0. The van der Waals surface area contributed by atoms with Gasteiger partial charge >= 0.3 is 0 Å². The van der Waals surface area contributed by atoms with Crippen molar-refractivity contribution < 1.29 is 9.59 Å². The van der Waals surface area contributed by atoms with E-state index in [1.54, 1.807) is 0 Å². The highest BCUT2D eigenvalue weighted by atomic mass is 16.2. The molecule has 0 spiro atoms. The van der Waals surface area contributed by atoms with Crippen molar-refractivity contribution in [2.75, 3.05) is 13.6 Å². The maximum Gasteiger partial charge on any atom is 0.239 e. The lowest BCUT2D eigenvalue weighted by Gasteiger charge is -1.93. The van der Waals surface area contributed by atoms with Crippen LogP contribution in [0.3, 0.4) is 0 Å². The van der Waals surface area contributed by atoms with Gasteiger partial charge in [0.2, 0.25) is 12.3 Å². The Hall–Kier alpha value is -1.06. The number of rotatable bonds is 3. The fourth-order valence-corrected chi connectivity index (χ4v) is 0.223. The first-order chi connectivity index (χ1) is 4.81. The molecule has 0 heterocycles. The van der Waals surface area contributed by atoms with Crippen LogP contribution in [-0.2, 0) is 9.59 Å². The molecule has 2 N–H and O–H groups in total. The zero-order chi connectivity index (χ0) is 8.41. The van der Waals surface area contributed by atoms with E-state index in [0.29, 0.717) is 6.41 Å². The maximum atomic E-state index is 10.2. The van der Waals surface area contributed by atoms with Gasteiger partial charge < -0.3 is 10.6 Å². The molecule has 10 heavy (non-hydrogen) atoms. The number of hydrogen-bond donors (Lipinski definition) is 2. The summed E-state index contributed by atoms with van der Waals surface area (Å²) in [4.78, 5) is 19.8. The van der Waals surface area contributed by atoms with Crippen LogP contribution in [0.2, 0.25) is 0 Å². The van der Waals surface area contributed by atoms with Crippen LogP contribution in [0.5, 0.6) is 0 Å². The second-order valence-corrected chi connectivity index (χ2v) is 1.17. The molecule has 0 saturated carbocycles. The largest absolute Gasteiger partial charge is 0.358 e. The Bertz CT molecular complexity index is 93.7. The van der Waals surface area contributed by atoms with E-state index in [1.807, 2.05) is 13.8 Å². The van der Waals surface area contributed by atoms with Gasteiger partial charge in [-0.1, -0.05) is 13.8 Å².